The van der Waals surface area contributed by atoms with Crippen LogP contribution in [0.2, 0.25) is 0 Å². The third-order valence-corrected chi connectivity index (χ3v) is 3.59. The normalized spacial score (nSPS) is 16.8. The maximum absolute atomic E-state index is 12.0. The van der Waals surface area contributed by atoms with Crippen LogP contribution in [0.15, 0.2) is 24.3 Å². The van der Waals surface area contributed by atoms with Crippen molar-refractivity contribution in [2.24, 2.45) is 5.41 Å². The first-order valence-corrected chi connectivity index (χ1v) is 6.63. The fourth-order valence-corrected chi connectivity index (χ4v) is 2.13. The van der Waals surface area contributed by atoms with Crippen LogP contribution < -0.4 is 10.1 Å². The lowest BCUT2D eigenvalue weighted by molar-refractivity contribution is -0.274. The second-order valence-corrected chi connectivity index (χ2v) is 5.26. The van der Waals surface area contributed by atoms with E-state index in [0.29, 0.717) is 0 Å². The van der Waals surface area contributed by atoms with Crippen LogP contribution in [0.1, 0.15) is 25.7 Å². The van der Waals surface area contributed by atoms with Crippen LogP contribution in [0.5, 0.6) is 5.75 Å². The Labute approximate surface area is 115 Å². The number of hydrogen-bond acceptors (Lipinski definition) is 3. The molecule has 20 heavy (non-hydrogen) atoms. The lowest BCUT2D eigenvalue weighted by atomic mass is 10.0. The van der Waals surface area contributed by atoms with Crippen LogP contribution >= 0.6 is 0 Å². The molecule has 1 aliphatic carbocycles. The molecule has 112 valence electrons. The van der Waals surface area contributed by atoms with E-state index < -0.39 is 6.36 Å². The third kappa shape index (κ3) is 4.59. The third-order valence-electron chi connectivity index (χ3n) is 3.59. The van der Waals surface area contributed by atoms with Gasteiger partial charge in [-0.2, -0.15) is 0 Å². The standard InChI is InChI=1S/C14H18F3NO2/c15-14(16,17)20-12-4-2-11(3-5-12)18-9-1-6-13(10-19)7-8-13/h2-5,18-19H,1,6-10H2. The van der Waals surface area contributed by atoms with Crippen molar-refractivity contribution >= 4 is 5.69 Å². The first-order valence-electron chi connectivity index (χ1n) is 6.63. The second-order valence-electron chi connectivity index (χ2n) is 5.26. The summed E-state index contributed by atoms with van der Waals surface area (Å²) in [5, 5.41) is 12.3. The molecule has 6 heteroatoms. The molecule has 0 amide bonds. The summed E-state index contributed by atoms with van der Waals surface area (Å²) in [6.45, 7) is 0.984. The van der Waals surface area contributed by atoms with Gasteiger partial charge in [0.2, 0.25) is 0 Å². The number of benzene rings is 1. The lowest BCUT2D eigenvalue weighted by Gasteiger charge is -2.12. The van der Waals surface area contributed by atoms with E-state index in [2.05, 4.69) is 10.1 Å². The zero-order valence-electron chi connectivity index (χ0n) is 11.0. The van der Waals surface area contributed by atoms with E-state index in [9.17, 15) is 18.3 Å². The van der Waals surface area contributed by atoms with Crippen molar-refractivity contribution in [2.45, 2.75) is 32.0 Å². The van der Waals surface area contributed by atoms with Crippen LogP contribution in [-0.4, -0.2) is 24.6 Å². The molecule has 0 spiro atoms. The van der Waals surface area contributed by atoms with Gasteiger partial charge in [-0.15, -0.1) is 13.2 Å². The molecule has 1 fully saturated rings. The van der Waals surface area contributed by atoms with Gasteiger partial charge in [0.25, 0.3) is 0 Å². The molecule has 0 radical (unpaired) electrons. The van der Waals surface area contributed by atoms with Gasteiger partial charge >= 0.3 is 6.36 Å². The van der Waals surface area contributed by atoms with Gasteiger partial charge in [0.1, 0.15) is 5.75 Å². The van der Waals surface area contributed by atoms with Crippen molar-refractivity contribution in [3.63, 3.8) is 0 Å². The number of halogens is 3. The highest BCUT2D eigenvalue weighted by atomic mass is 19.4. The van der Waals surface area contributed by atoms with E-state index in [1.807, 2.05) is 0 Å². The Morgan fingerprint density at radius 3 is 2.35 bits per heavy atom. The molecule has 3 nitrogen and oxygen atoms in total. The molecule has 0 unspecified atom stereocenters. The summed E-state index contributed by atoms with van der Waals surface area (Å²) < 4.78 is 39.7. The molecule has 0 atom stereocenters. The quantitative estimate of drug-likeness (QED) is 0.754. The van der Waals surface area contributed by atoms with Crippen LogP contribution in [0, 0.1) is 5.41 Å². The zero-order chi connectivity index (χ0) is 14.6. The Morgan fingerprint density at radius 1 is 1.20 bits per heavy atom. The molecule has 0 saturated heterocycles. The smallest absolute Gasteiger partial charge is 0.406 e. The maximum atomic E-state index is 12.0. The molecule has 1 saturated carbocycles. The number of rotatable bonds is 7. The van der Waals surface area contributed by atoms with Gasteiger partial charge < -0.3 is 15.2 Å². The molecule has 1 aromatic carbocycles. The summed E-state index contributed by atoms with van der Waals surface area (Å²) in [5.41, 5.74) is 0.903. The van der Waals surface area contributed by atoms with Gasteiger partial charge in [-0.3, -0.25) is 0 Å². The fraction of sp³-hybridized carbons (Fsp3) is 0.571. The number of aliphatic hydroxyl groups excluding tert-OH is 1. The predicted molar refractivity (Wildman–Crippen MR) is 69.6 cm³/mol. The molecule has 0 aromatic heterocycles. The minimum atomic E-state index is -4.65. The Kier molecular flexibility index (Phi) is 4.42. The minimum Gasteiger partial charge on any atom is -0.406 e. The summed E-state index contributed by atoms with van der Waals surface area (Å²) in [6, 6.07) is 5.68. The lowest BCUT2D eigenvalue weighted by Crippen LogP contribution is -2.17. The fourth-order valence-electron chi connectivity index (χ4n) is 2.13. The van der Waals surface area contributed by atoms with Gasteiger partial charge in [0.05, 0.1) is 0 Å². The van der Waals surface area contributed by atoms with Crippen LogP contribution in [0.25, 0.3) is 0 Å². The number of nitrogens with one attached hydrogen (secondary N) is 1. The molecule has 0 aliphatic heterocycles. The summed E-state index contributed by atoms with van der Waals surface area (Å²) in [7, 11) is 0. The van der Waals surface area contributed by atoms with E-state index in [1.54, 1.807) is 12.1 Å². The van der Waals surface area contributed by atoms with Gasteiger partial charge in [-0.25, -0.2) is 0 Å². The molecule has 0 bridgehead atoms. The summed E-state index contributed by atoms with van der Waals surface area (Å²) in [6.07, 6.45) is -0.565. The Hall–Kier alpha value is -1.43. The van der Waals surface area contributed by atoms with Gasteiger partial charge in [0.15, 0.2) is 0 Å². The average Bonchev–Trinajstić information content (AvgIpc) is 3.15. The van der Waals surface area contributed by atoms with Crippen molar-refractivity contribution in [1.29, 1.82) is 0 Å². The number of anilines is 1. The molecule has 1 aliphatic rings. The molecule has 0 heterocycles. The van der Waals surface area contributed by atoms with Crippen molar-refractivity contribution < 1.29 is 23.0 Å². The highest BCUT2D eigenvalue weighted by Crippen LogP contribution is 2.48. The molecule has 1 aromatic rings. The summed E-state index contributed by atoms with van der Waals surface area (Å²) in [5.74, 6) is -0.222. The Morgan fingerprint density at radius 2 is 1.85 bits per heavy atom. The Bertz CT molecular complexity index is 427. The average molecular weight is 289 g/mol. The van der Waals surface area contributed by atoms with Crippen molar-refractivity contribution in [3.8, 4) is 5.75 Å². The van der Waals surface area contributed by atoms with Crippen molar-refractivity contribution in [1.82, 2.24) is 0 Å². The van der Waals surface area contributed by atoms with Gasteiger partial charge in [-0.05, 0) is 55.4 Å². The monoisotopic (exact) mass is 289 g/mol. The minimum absolute atomic E-state index is 0.145. The molecular weight excluding hydrogens is 271 g/mol. The zero-order valence-corrected chi connectivity index (χ0v) is 11.0. The highest BCUT2D eigenvalue weighted by molar-refractivity contribution is 5.46. The van der Waals surface area contributed by atoms with Crippen LogP contribution in [-0.2, 0) is 0 Å². The van der Waals surface area contributed by atoms with E-state index in [0.717, 1.165) is 37.9 Å². The van der Waals surface area contributed by atoms with E-state index in [1.165, 1.54) is 12.1 Å². The van der Waals surface area contributed by atoms with Crippen LogP contribution in [0.4, 0.5) is 18.9 Å². The first-order chi connectivity index (χ1) is 9.42. The van der Waals surface area contributed by atoms with E-state index in [4.69, 9.17) is 0 Å². The second kappa shape index (κ2) is 5.91. The largest absolute Gasteiger partial charge is 0.573 e. The van der Waals surface area contributed by atoms with E-state index in [-0.39, 0.29) is 17.8 Å². The number of aliphatic hydroxyl groups is 1. The van der Waals surface area contributed by atoms with Crippen molar-refractivity contribution in [3.05, 3.63) is 24.3 Å². The Balaban J connectivity index is 1.71. The highest BCUT2D eigenvalue weighted by Gasteiger charge is 2.40. The number of hydrogen-bond donors (Lipinski definition) is 2. The predicted octanol–water partition coefficient (Wildman–Crippen LogP) is 3.55. The van der Waals surface area contributed by atoms with Gasteiger partial charge in [-0.1, -0.05) is 0 Å². The number of alkyl halides is 3. The topological polar surface area (TPSA) is 41.5 Å². The molecule has 2 rings (SSSR count). The van der Waals surface area contributed by atoms with Crippen LogP contribution in [0.3, 0.4) is 0 Å². The van der Waals surface area contributed by atoms with Gasteiger partial charge in [0, 0.05) is 18.8 Å². The first kappa shape index (κ1) is 15.0. The maximum Gasteiger partial charge on any atom is 0.573 e. The molecule has 2 N–H and O–H groups in total. The van der Waals surface area contributed by atoms with E-state index >= 15 is 0 Å². The number of ether oxygens (including phenoxy) is 1. The summed E-state index contributed by atoms with van der Waals surface area (Å²) >= 11 is 0. The van der Waals surface area contributed by atoms with Crippen molar-refractivity contribution in [2.75, 3.05) is 18.5 Å². The summed E-state index contributed by atoms with van der Waals surface area (Å²) in [4.78, 5) is 0. The molecular formula is C14H18F3NO2. The SMILES string of the molecule is OCC1(CCCNc2ccc(OC(F)(F)F)cc2)CC1.